The number of rotatable bonds is 5. The van der Waals surface area contributed by atoms with Crippen molar-refractivity contribution in [2.45, 2.75) is 31.6 Å². The molecule has 3 heterocycles. The molecule has 2 aliphatic heterocycles. The molecule has 2 saturated heterocycles. The van der Waals surface area contributed by atoms with E-state index in [1.807, 2.05) is 30.5 Å². The summed E-state index contributed by atoms with van der Waals surface area (Å²) < 4.78 is 35.4. The Labute approximate surface area is 177 Å². The predicted octanol–water partition coefficient (Wildman–Crippen LogP) is 2.52. The number of anilines is 1. The topological polar surface area (TPSA) is 87.4 Å². The Morgan fingerprint density at radius 1 is 1.03 bits per heavy atom. The molecule has 2 aliphatic rings. The van der Waals surface area contributed by atoms with E-state index < -0.39 is 10.0 Å². The van der Waals surface area contributed by atoms with Crippen LogP contribution < -0.4 is 4.90 Å². The average Bonchev–Trinajstić information content (AvgIpc) is 3.37. The van der Waals surface area contributed by atoms with Gasteiger partial charge in [-0.15, -0.1) is 0 Å². The second-order valence-corrected chi connectivity index (χ2v) is 9.71. The van der Waals surface area contributed by atoms with Crippen LogP contribution >= 0.6 is 0 Å². The van der Waals surface area contributed by atoms with Crippen molar-refractivity contribution in [3.05, 3.63) is 41.2 Å². The zero-order valence-corrected chi connectivity index (χ0v) is 18.2. The second-order valence-electron chi connectivity index (χ2n) is 7.77. The number of aromatic nitrogens is 1. The number of nitrogens with zero attached hydrogens (tertiary/aromatic N) is 4. The molecular formula is C21H28N4O4S. The Kier molecular flexibility index (Phi) is 5.86. The lowest BCUT2D eigenvalue weighted by Gasteiger charge is -2.28. The van der Waals surface area contributed by atoms with E-state index in [1.165, 1.54) is 10.5 Å². The van der Waals surface area contributed by atoms with Gasteiger partial charge >= 0.3 is 0 Å². The molecular weight excluding hydrogens is 404 g/mol. The van der Waals surface area contributed by atoms with E-state index in [-0.39, 0.29) is 4.90 Å². The minimum Gasteiger partial charge on any atom is -0.411 e. The van der Waals surface area contributed by atoms with Gasteiger partial charge in [0, 0.05) is 43.1 Å². The molecule has 30 heavy (non-hydrogen) atoms. The fourth-order valence-corrected chi connectivity index (χ4v) is 5.78. The van der Waals surface area contributed by atoms with Gasteiger partial charge < -0.3 is 19.4 Å². The molecule has 1 aromatic carbocycles. The lowest BCUT2D eigenvalue weighted by Crippen LogP contribution is -2.40. The van der Waals surface area contributed by atoms with Gasteiger partial charge in [-0.1, -0.05) is 5.16 Å². The highest BCUT2D eigenvalue weighted by atomic mass is 32.2. The van der Waals surface area contributed by atoms with Crippen LogP contribution in [0.1, 0.15) is 29.8 Å². The van der Waals surface area contributed by atoms with Crippen LogP contribution in [-0.4, -0.2) is 68.1 Å². The van der Waals surface area contributed by atoms with E-state index in [4.69, 9.17) is 9.94 Å². The molecule has 4 rings (SSSR count). The number of aryl methyl sites for hydroxylation is 1. The minimum atomic E-state index is -3.61. The van der Waals surface area contributed by atoms with Gasteiger partial charge in [0.25, 0.3) is 0 Å². The molecule has 0 spiro atoms. The Hall–Kier alpha value is -2.36. The van der Waals surface area contributed by atoms with Crippen molar-refractivity contribution in [1.82, 2.24) is 8.87 Å². The van der Waals surface area contributed by atoms with Crippen LogP contribution in [0, 0.1) is 13.8 Å². The summed E-state index contributed by atoms with van der Waals surface area (Å²) >= 11 is 0. The van der Waals surface area contributed by atoms with Crippen molar-refractivity contribution in [3.63, 3.8) is 0 Å². The Morgan fingerprint density at radius 2 is 1.73 bits per heavy atom. The maximum absolute atomic E-state index is 13.3. The summed E-state index contributed by atoms with van der Waals surface area (Å²) in [6.07, 6.45) is 3.65. The van der Waals surface area contributed by atoms with Gasteiger partial charge in [0.15, 0.2) is 0 Å². The Balaban J connectivity index is 1.86. The summed E-state index contributed by atoms with van der Waals surface area (Å²) in [7, 11) is -3.61. The summed E-state index contributed by atoms with van der Waals surface area (Å²) in [5, 5.41) is 12.2. The number of hydrogen-bond acceptors (Lipinski definition) is 6. The van der Waals surface area contributed by atoms with Crippen molar-refractivity contribution >= 4 is 21.9 Å². The molecule has 0 saturated carbocycles. The highest BCUT2D eigenvalue weighted by Crippen LogP contribution is 2.34. The molecule has 2 fully saturated rings. The molecule has 0 unspecified atom stereocenters. The van der Waals surface area contributed by atoms with Crippen molar-refractivity contribution in [2.75, 3.05) is 44.3 Å². The summed E-state index contributed by atoms with van der Waals surface area (Å²) in [5.74, 6) is 0. The quantitative estimate of drug-likeness (QED) is 0.446. The van der Waals surface area contributed by atoms with Crippen molar-refractivity contribution in [1.29, 1.82) is 0 Å². The zero-order valence-electron chi connectivity index (χ0n) is 17.4. The number of oxime groups is 1. The second kappa shape index (κ2) is 8.41. The summed E-state index contributed by atoms with van der Waals surface area (Å²) in [5.41, 5.74) is 4.49. The van der Waals surface area contributed by atoms with E-state index >= 15 is 0 Å². The number of benzene rings is 1. The lowest BCUT2D eigenvalue weighted by molar-refractivity contribution is 0.0730. The van der Waals surface area contributed by atoms with Crippen LogP contribution in [0.3, 0.4) is 0 Å². The minimum absolute atomic E-state index is 0.284. The number of morpholine rings is 1. The van der Waals surface area contributed by atoms with Crippen molar-refractivity contribution in [2.24, 2.45) is 5.16 Å². The molecule has 2 aromatic rings. The smallest absolute Gasteiger partial charge is 0.243 e. The first-order chi connectivity index (χ1) is 14.4. The normalized spacial score (nSPS) is 18.5. The third kappa shape index (κ3) is 3.73. The van der Waals surface area contributed by atoms with Crippen molar-refractivity contribution < 1.29 is 18.4 Å². The SMILES string of the molecule is Cc1cc(C=NO)c(C)n1-c1cc(S(=O)(=O)N2CCOCC2)ccc1N1CCCC1. The van der Waals surface area contributed by atoms with Gasteiger partial charge in [-0.25, -0.2) is 8.42 Å². The van der Waals surface area contributed by atoms with Crippen LogP contribution in [0.25, 0.3) is 5.69 Å². The zero-order chi connectivity index (χ0) is 21.3. The van der Waals surface area contributed by atoms with Crippen LogP contribution in [-0.2, 0) is 14.8 Å². The fraction of sp³-hybridized carbons (Fsp3) is 0.476. The first-order valence-electron chi connectivity index (χ1n) is 10.3. The third-order valence-corrected chi connectivity index (χ3v) is 7.80. The lowest BCUT2D eigenvalue weighted by atomic mass is 10.2. The monoisotopic (exact) mass is 432 g/mol. The van der Waals surface area contributed by atoms with Gasteiger partial charge in [0.05, 0.1) is 35.7 Å². The van der Waals surface area contributed by atoms with Crippen LogP contribution in [0.2, 0.25) is 0 Å². The van der Waals surface area contributed by atoms with Crippen LogP contribution in [0.15, 0.2) is 34.3 Å². The summed E-state index contributed by atoms with van der Waals surface area (Å²) in [4.78, 5) is 2.59. The van der Waals surface area contributed by atoms with Gasteiger partial charge in [-0.2, -0.15) is 4.31 Å². The largest absolute Gasteiger partial charge is 0.411 e. The maximum Gasteiger partial charge on any atom is 0.243 e. The van der Waals surface area contributed by atoms with E-state index in [1.54, 1.807) is 12.1 Å². The summed E-state index contributed by atoms with van der Waals surface area (Å²) in [6, 6.07) is 7.35. The highest BCUT2D eigenvalue weighted by Gasteiger charge is 2.28. The van der Waals surface area contributed by atoms with Gasteiger partial charge in [0.1, 0.15) is 0 Å². The highest BCUT2D eigenvalue weighted by molar-refractivity contribution is 7.89. The van der Waals surface area contributed by atoms with E-state index in [0.29, 0.717) is 26.3 Å². The molecule has 9 heteroatoms. The number of hydrogen-bond donors (Lipinski definition) is 1. The molecule has 162 valence electrons. The molecule has 0 radical (unpaired) electrons. The van der Waals surface area contributed by atoms with Gasteiger partial charge in [-0.3, -0.25) is 0 Å². The van der Waals surface area contributed by atoms with E-state index in [2.05, 4.69) is 10.1 Å². The van der Waals surface area contributed by atoms with Gasteiger partial charge in [-0.05, 0) is 51.0 Å². The standard InChI is InChI=1S/C21H28N4O4S/c1-16-13-18(15-22-26)17(2)25(16)21-14-19(5-6-20(21)23-7-3-4-8-23)30(27,28)24-9-11-29-12-10-24/h5-6,13-15,26H,3-4,7-12H2,1-2H3. The molecule has 0 atom stereocenters. The molecule has 0 amide bonds. The third-order valence-electron chi connectivity index (χ3n) is 5.91. The Bertz CT molecular complexity index is 1050. The van der Waals surface area contributed by atoms with E-state index in [0.717, 1.165) is 54.3 Å². The van der Waals surface area contributed by atoms with Gasteiger partial charge in [0.2, 0.25) is 10.0 Å². The molecule has 0 bridgehead atoms. The van der Waals surface area contributed by atoms with E-state index in [9.17, 15) is 8.42 Å². The predicted molar refractivity (Wildman–Crippen MR) is 116 cm³/mol. The molecule has 0 aliphatic carbocycles. The Morgan fingerprint density at radius 3 is 2.40 bits per heavy atom. The van der Waals surface area contributed by atoms with Crippen molar-refractivity contribution in [3.8, 4) is 5.69 Å². The van der Waals surface area contributed by atoms with Crippen LogP contribution in [0.4, 0.5) is 5.69 Å². The maximum atomic E-state index is 13.3. The number of sulfonamides is 1. The molecule has 8 nitrogen and oxygen atoms in total. The first-order valence-corrected chi connectivity index (χ1v) is 11.7. The average molecular weight is 433 g/mol. The summed E-state index contributed by atoms with van der Waals surface area (Å²) in [6.45, 7) is 7.38. The van der Waals surface area contributed by atoms with Crippen LogP contribution in [0.5, 0.6) is 0 Å². The molecule has 1 aromatic heterocycles. The molecule has 1 N–H and O–H groups in total. The fourth-order valence-electron chi connectivity index (χ4n) is 4.36. The number of ether oxygens (including phenoxy) is 1. The first kappa shape index (κ1) is 20.9.